The molecule has 0 fully saturated rings. The summed E-state index contributed by atoms with van der Waals surface area (Å²) in [7, 11) is -3.87. The van der Waals surface area contributed by atoms with Gasteiger partial charge in [0.15, 0.2) is 8.24 Å². The first-order valence-corrected chi connectivity index (χ1v) is 13.5. The molecule has 3 aromatic carbocycles. The number of nitrogens with zero attached hydrogens (tertiary/aromatic N) is 2. The van der Waals surface area contributed by atoms with Gasteiger partial charge < -0.3 is 0 Å². The van der Waals surface area contributed by atoms with E-state index in [9.17, 15) is 4.21 Å². The summed E-state index contributed by atoms with van der Waals surface area (Å²) in [5.74, 6) is 0. The summed E-state index contributed by atoms with van der Waals surface area (Å²) in [5, 5.41) is 11.5. The molecule has 0 spiro atoms. The van der Waals surface area contributed by atoms with Crippen molar-refractivity contribution in [3.63, 3.8) is 0 Å². The van der Waals surface area contributed by atoms with Crippen molar-refractivity contribution in [1.29, 1.82) is 5.26 Å². The molecule has 0 aliphatic carbocycles. The van der Waals surface area contributed by atoms with E-state index in [1.807, 2.05) is 75.8 Å². The maximum Gasteiger partial charge on any atom is 1.00 e. The minimum atomic E-state index is -2.60. The molecule has 6 heteroatoms. The zero-order valence-electron chi connectivity index (χ0n) is 18.9. The Balaban J connectivity index is 0.00000341. The Bertz CT molecular complexity index is 1010. The molecule has 0 bridgehead atoms. The van der Waals surface area contributed by atoms with E-state index in [1.54, 1.807) is 12.1 Å². The van der Waals surface area contributed by atoms with Crippen LogP contribution in [0.25, 0.3) is 0 Å². The molecule has 0 aliphatic rings. The predicted molar refractivity (Wildman–Crippen MR) is 128 cm³/mol. The number of hydrogen-bond donors (Lipinski definition) is 0. The molecular formula is C25H27LiN2OSSi. The first kappa shape index (κ1) is 25.2. The topological polar surface area (TPSA) is 44.1 Å². The monoisotopic (exact) mass is 438 g/mol. The van der Waals surface area contributed by atoms with E-state index in [0.29, 0.717) is 5.56 Å². The summed E-state index contributed by atoms with van der Waals surface area (Å²) in [6, 6.07) is 30.3. The average Bonchev–Trinajstić information content (AvgIpc) is 2.77. The van der Waals surface area contributed by atoms with Gasteiger partial charge in [0.1, 0.15) is 0 Å². The Morgan fingerprint density at radius 2 is 1.32 bits per heavy atom. The van der Waals surface area contributed by atoms with Crippen molar-refractivity contribution in [2.75, 3.05) is 0 Å². The fourth-order valence-electron chi connectivity index (χ4n) is 3.36. The maximum atomic E-state index is 13.9. The van der Waals surface area contributed by atoms with Gasteiger partial charge in [0.25, 0.3) is 0 Å². The summed E-state index contributed by atoms with van der Waals surface area (Å²) in [4.78, 5) is 0. The molecule has 0 saturated carbocycles. The Morgan fingerprint density at radius 3 is 1.71 bits per heavy atom. The third-order valence-corrected chi connectivity index (χ3v) is 12.2. The molecule has 1 atom stereocenters. The van der Waals surface area contributed by atoms with Crippen LogP contribution < -0.4 is 29.2 Å². The van der Waals surface area contributed by atoms with Gasteiger partial charge in [-0.05, 0) is 37.7 Å². The van der Waals surface area contributed by atoms with Gasteiger partial charge in [0.2, 0.25) is 0 Å². The van der Waals surface area contributed by atoms with Crippen molar-refractivity contribution < 1.29 is 23.1 Å². The van der Waals surface area contributed by atoms with Crippen molar-refractivity contribution >= 4 is 29.6 Å². The van der Waals surface area contributed by atoms with E-state index in [1.165, 1.54) is 10.4 Å². The summed E-state index contributed by atoms with van der Waals surface area (Å²) in [6.45, 7) is 10.3. The van der Waals surface area contributed by atoms with Gasteiger partial charge in [-0.25, -0.2) is 4.21 Å². The molecule has 0 aliphatic heterocycles. The van der Waals surface area contributed by atoms with Gasteiger partial charge in [-0.2, -0.15) is 23.0 Å². The Morgan fingerprint density at radius 1 is 0.871 bits per heavy atom. The first-order valence-electron chi connectivity index (χ1n) is 9.94. The average molecular weight is 439 g/mol. The van der Waals surface area contributed by atoms with Crippen LogP contribution in [0.1, 0.15) is 31.9 Å². The smallest absolute Gasteiger partial charge is 0.267 e. The van der Waals surface area contributed by atoms with Crippen LogP contribution in [0, 0.1) is 17.9 Å². The van der Waals surface area contributed by atoms with Gasteiger partial charge in [-0.3, -0.25) is 3.97 Å². The quantitative estimate of drug-likeness (QED) is 0.429. The van der Waals surface area contributed by atoms with Crippen LogP contribution in [-0.4, -0.2) is 21.2 Å². The summed E-state index contributed by atoms with van der Waals surface area (Å²) in [5.41, 5.74) is 1.54. The van der Waals surface area contributed by atoms with Crippen LogP contribution in [0.15, 0.2) is 84.9 Å². The Kier molecular flexibility index (Phi) is 8.54. The summed E-state index contributed by atoms with van der Waals surface area (Å²) in [6.07, 6.45) is 0. The minimum Gasteiger partial charge on any atom is -0.267 e. The second kappa shape index (κ2) is 10.5. The maximum absolute atomic E-state index is 13.9. The van der Waals surface area contributed by atoms with Crippen LogP contribution in [0.4, 0.5) is 0 Å². The zero-order valence-corrected chi connectivity index (χ0v) is 20.7. The molecular weight excluding hydrogens is 411 g/mol. The van der Waals surface area contributed by atoms with Gasteiger partial charge in [0, 0.05) is 5.56 Å². The molecule has 0 unspecified atom stereocenters. The molecule has 31 heavy (non-hydrogen) atoms. The summed E-state index contributed by atoms with van der Waals surface area (Å²) >= 11 is 0. The number of hydrogen-bond acceptors (Lipinski definition) is 2. The fourth-order valence-corrected chi connectivity index (χ4v) is 9.88. The van der Waals surface area contributed by atoms with Crippen LogP contribution >= 0.6 is 0 Å². The van der Waals surface area contributed by atoms with E-state index < -0.39 is 24.0 Å². The van der Waals surface area contributed by atoms with Crippen LogP contribution in [0.5, 0.6) is 0 Å². The van der Waals surface area contributed by atoms with Crippen molar-refractivity contribution in [1.82, 2.24) is 3.97 Å². The van der Waals surface area contributed by atoms with Crippen molar-refractivity contribution in [3.05, 3.63) is 103 Å². The number of benzene rings is 3. The van der Waals surface area contributed by atoms with Crippen LogP contribution in [-0.2, 0) is 11.0 Å². The third kappa shape index (κ3) is 5.60. The molecule has 0 heterocycles. The SMILES string of the molecule is CC(C)(C)[S@@](=O)N([CH-]c1ccc(C#N)cc1)[Si](C)(c1ccccc1)c1ccccc1.[Li+]. The normalized spacial score (nSPS) is 12.5. The minimum absolute atomic E-state index is 0. The van der Waals surface area contributed by atoms with Crippen molar-refractivity contribution in [2.24, 2.45) is 0 Å². The molecule has 0 amide bonds. The zero-order chi connectivity index (χ0) is 21.8. The molecule has 0 radical (unpaired) electrons. The Hall–Kier alpha value is -2.06. The van der Waals surface area contributed by atoms with Gasteiger partial charge in [-0.15, -0.1) is 18.7 Å². The molecule has 0 saturated heterocycles. The second-order valence-electron chi connectivity index (χ2n) is 8.35. The number of nitriles is 1. The van der Waals surface area contributed by atoms with Gasteiger partial charge >= 0.3 is 18.9 Å². The van der Waals surface area contributed by atoms with Crippen LogP contribution in [0.3, 0.4) is 0 Å². The van der Waals surface area contributed by atoms with E-state index >= 15 is 0 Å². The largest absolute Gasteiger partial charge is 1.00 e. The molecule has 3 nitrogen and oxygen atoms in total. The standard InChI is InChI=1S/C25H27N2OSSi.Li/c1-25(2,3)29(28)27(20-22-17-15-21(19-26)16-18-22)30(4,23-11-7-5-8-12-23)24-13-9-6-10-14-24;/h5-18,20H,1-4H3;/q-1;+1/t29-;/m1./s1. The van der Waals surface area contributed by atoms with Crippen molar-refractivity contribution in [2.45, 2.75) is 32.1 Å². The van der Waals surface area contributed by atoms with Gasteiger partial charge in [-0.1, -0.05) is 60.7 Å². The Labute approximate surface area is 202 Å². The fraction of sp³-hybridized carbons (Fsp3) is 0.200. The second-order valence-corrected chi connectivity index (χ2v) is 14.6. The predicted octanol–water partition coefficient (Wildman–Crippen LogP) is 1.23. The summed E-state index contributed by atoms with van der Waals surface area (Å²) < 4.78 is 15.5. The van der Waals surface area contributed by atoms with Crippen LogP contribution in [0.2, 0.25) is 6.55 Å². The molecule has 154 valence electrons. The van der Waals surface area contributed by atoms with E-state index in [-0.39, 0.29) is 18.9 Å². The third-order valence-electron chi connectivity index (χ3n) is 5.12. The molecule has 0 aromatic heterocycles. The molecule has 3 rings (SSSR count). The van der Waals surface area contributed by atoms with Crippen molar-refractivity contribution in [3.8, 4) is 6.07 Å². The van der Waals surface area contributed by atoms with E-state index in [0.717, 1.165) is 5.56 Å². The molecule has 3 aromatic rings. The van der Waals surface area contributed by atoms with E-state index in [4.69, 9.17) is 5.26 Å². The van der Waals surface area contributed by atoms with Gasteiger partial charge in [0.05, 0.1) is 21.8 Å². The molecule has 0 N–H and O–H groups in total. The number of rotatable bonds is 6. The first-order chi connectivity index (χ1) is 14.3. The van der Waals surface area contributed by atoms with E-state index in [2.05, 4.69) is 40.9 Å².